The van der Waals surface area contributed by atoms with Gasteiger partial charge in [0.25, 0.3) is 5.91 Å². The predicted molar refractivity (Wildman–Crippen MR) is 107 cm³/mol. The number of carbonyl (C=O) groups excluding carboxylic acids is 2. The van der Waals surface area contributed by atoms with Crippen molar-refractivity contribution in [2.24, 2.45) is 0 Å². The van der Waals surface area contributed by atoms with Gasteiger partial charge in [-0.2, -0.15) is 12.6 Å². The lowest BCUT2D eigenvalue weighted by Gasteiger charge is -2.23. The van der Waals surface area contributed by atoms with Crippen LogP contribution in [0.5, 0.6) is 5.75 Å². The minimum absolute atomic E-state index is 0.0937. The van der Waals surface area contributed by atoms with E-state index in [1.54, 1.807) is 24.3 Å². The zero-order valence-electron chi connectivity index (χ0n) is 14.9. The molecule has 7 nitrogen and oxygen atoms in total. The number of thiol groups is 1. The molecular formula is C20H20N2O5S. The highest BCUT2D eigenvalue weighted by Crippen LogP contribution is 2.31. The lowest BCUT2D eigenvalue weighted by Crippen LogP contribution is -2.53. The highest BCUT2D eigenvalue weighted by Gasteiger charge is 2.34. The summed E-state index contributed by atoms with van der Waals surface area (Å²) in [6.07, 6.45) is 0.399. The van der Waals surface area contributed by atoms with E-state index in [-0.39, 0.29) is 6.61 Å². The van der Waals surface area contributed by atoms with Gasteiger partial charge in [-0.15, -0.1) is 0 Å². The van der Waals surface area contributed by atoms with E-state index in [9.17, 15) is 19.5 Å². The Kier molecular flexibility index (Phi) is 6.20. The average Bonchev–Trinajstić information content (AvgIpc) is 2.81. The molecule has 2 aromatic carbocycles. The number of hydrogen-bond acceptors (Lipinski definition) is 5. The molecule has 0 fully saturated rings. The van der Waals surface area contributed by atoms with E-state index in [4.69, 9.17) is 4.74 Å². The van der Waals surface area contributed by atoms with Crippen molar-refractivity contribution < 1.29 is 24.2 Å². The number of para-hydroxylation sites is 2. The number of ether oxygens (including phenoxy) is 1. The number of amides is 2. The fraction of sp³-hybridized carbons (Fsp3) is 0.250. The van der Waals surface area contributed by atoms with Crippen LogP contribution >= 0.6 is 12.6 Å². The van der Waals surface area contributed by atoms with Crippen LogP contribution in [0, 0.1) is 0 Å². The second kappa shape index (κ2) is 8.79. The molecule has 2 aromatic rings. The van der Waals surface area contributed by atoms with Crippen molar-refractivity contribution >= 4 is 36.1 Å². The van der Waals surface area contributed by atoms with Crippen LogP contribution in [0.3, 0.4) is 0 Å². The number of anilines is 1. The summed E-state index contributed by atoms with van der Waals surface area (Å²) in [4.78, 5) is 37.8. The molecule has 0 unspecified atom stereocenters. The summed E-state index contributed by atoms with van der Waals surface area (Å²) < 4.78 is 5.65. The smallest absolute Gasteiger partial charge is 0.323 e. The predicted octanol–water partition coefficient (Wildman–Crippen LogP) is 1.52. The Morgan fingerprint density at radius 2 is 1.86 bits per heavy atom. The first kappa shape index (κ1) is 19.8. The molecule has 0 saturated heterocycles. The number of carbonyl (C=O) groups is 3. The summed E-state index contributed by atoms with van der Waals surface area (Å²) in [5.74, 6) is -1.73. The van der Waals surface area contributed by atoms with Gasteiger partial charge in [-0.3, -0.25) is 19.3 Å². The van der Waals surface area contributed by atoms with Crippen molar-refractivity contribution in [2.45, 2.75) is 17.7 Å². The summed E-state index contributed by atoms with van der Waals surface area (Å²) in [7, 11) is 0. The highest BCUT2D eigenvalue weighted by atomic mass is 32.1. The van der Waals surface area contributed by atoms with Crippen molar-refractivity contribution in [3.63, 3.8) is 0 Å². The number of carboxylic acid groups (broad SMARTS) is 1. The van der Waals surface area contributed by atoms with Crippen LogP contribution in [0.1, 0.15) is 5.56 Å². The Morgan fingerprint density at radius 1 is 1.18 bits per heavy atom. The van der Waals surface area contributed by atoms with Crippen molar-refractivity contribution in [3.05, 3.63) is 60.2 Å². The van der Waals surface area contributed by atoms with E-state index in [1.807, 2.05) is 30.3 Å². The van der Waals surface area contributed by atoms with E-state index in [0.717, 1.165) is 10.5 Å². The molecule has 1 heterocycles. The molecule has 3 rings (SSSR count). The number of aliphatic carboxylic acids is 1. The SMILES string of the molecule is O=C(O)CN1C(=O)[C@@H](NC(=O)[C@@H](S)Cc2ccccc2)COc2ccccc21. The van der Waals surface area contributed by atoms with Gasteiger partial charge >= 0.3 is 5.97 Å². The zero-order chi connectivity index (χ0) is 20.1. The minimum Gasteiger partial charge on any atom is -0.489 e. The molecule has 0 aromatic heterocycles. The van der Waals surface area contributed by atoms with Crippen molar-refractivity contribution in [2.75, 3.05) is 18.1 Å². The molecule has 28 heavy (non-hydrogen) atoms. The first-order valence-corrected chi connectivity index (χ1v) is 9.24. The molecule has 0 radical (unpaired) electrons. The first-order valence-electron chi connectivity index (χ1n) is 8.73. The third-order valence-corrected chi connectivity index (χ3v) is 4.73. The van der Waals surface area contributed by atoms with Gasteiger partial charge in [0.1, 0.15) is 24.9 Å². The zero-order valence-corrected chi connectivity index (χ0v) is 15.8. The lowest BCUT2D eigenvalue weighted by atomic mass is 10.1. The normalized spacial score (nSPS) is 17.1. The quantitative estimate of drug-likeness (QED) is 0.639. The second-order valence-electron chi connectivity index (χ2n) is 6.36. The summed E-state index contributed by atoms with van der Waals surface area (Å²) in [6, 6.07) is 15.1. The number of fused-ring (bicyclic) bond motifs is 1. The summed E-state index contributed by atoms with van der Waals surface area (Å²) >= 11 is 4.35. The van der Waals surface area contributed by atoms with Gasteiger partial charge in [0.05, 0.1) is 10.9 Å². The highest BCUT2D eigenvalue weighted by molar-refractivity contribution is 7.81. The maximum Gasteiger partial charge on any atom is 0.323 e. The minimum atomic E-state index is -1.16. The number of nitrogens with zero attached hydrogens (tertiary/aromatic N) is 1. The summed E-state index contributed by atoms with van der Waals surface area (Å²) in [5, 5.41) is 11.2. The molecule has 2 atom stereocenters. The van der Waals surface area contributed by atoms with E-state index in [2.05, 4.69) is 17.9 Å². The van der Waals surface area contributed by atoms with E-state index >= 15 is 0 Å². The Morgan fingerprint density at radius 3 is 2.57 bits per heavy atom. The molecule has 2 N–H and O–H groups in total. The van der Waals surface area contributed by atoms with E-state index in [1.165, 1.54) is 0 Å². The number of rotatable bonds is 6. The maximum absolute atomic E-state index is 12.9. The van der Waals surface area contributed by atoms with Crippen molar-refractivity contribution in [1.82, 2.24) is 5.32 Å². The Labute approximate surface area is 167 Å². The number of carboxylic acids is 1. The molecule has 0 saturated carbocycles. The molecule has 146 valence electrons. The lowest BCUT2D eigenvalue weighted by molar-refractivity contribution is -0.137. The van der Waals surface area contributed by atoms with Crippen molar-refractivity contribution in [3.8, 4) is 5.75 Å². The largest absolute Gasteiger partial charge is 0.489 e. The van der Waals surface area contributed by atoms with Gasteiger partial charge in [-0.05, 0) is 24.1 Å². The molecule has 0 bridgehead atoms. The van der Waals surface area contributed by atoms with Gasteiger partial charge in [-0.1, -0.05) is 42.5 Å². The van der Waals surface area contributed by atoms with Crippen LogP contribution in [0.15, 0.2) is 54.6 Å². The number of benzene rings is 2. The molecule has 0 spiro atoms. The van der Waals surface area contributed by atoms with Gasteiger partial charge in [0, 0.05) is 0 Å². The van der Waals surface area contributed by atoms with Gasteiger partial charge in [-0.25, -0.2) is 0 Å². The molecule has 1 aliphatic heterocycles. The van der Waals surface area contributed by atoms with Crippen LogP contribution in [-0.2, 0) is 20.8 Å². The third-order valence-electron chi connectivity index (χ3n) is 4.31. The van der Waals surface area contributed by atoms with Crippen LogP contribution in [0.25, 0.3) is 0 Å². The maximum atomic E-state index is 12.9. The van der Waals surface area contributed by atoms with Crippen LogP contribution in [0.4, 0.5) is 5.69 Å². The van der Waals surface area contributed by atoms with Gasteiger partial charge in [0.15, 0.2) is 0 Å². The number of nitrogens with one attached hydrogen (secondary N) is 1. The van der Waals surface area contributed by atoms with E-state index < -0.39 is 35.6 Å². The topological polar surface area (TPSA) is 95.9 Å². The Balaban J connectivity index is 1.74. The molecule has 8 heteroatoms. The van der Waals surface area contributed by atoms with E-state index in [0.29, 0.717) is 17.9 Å². The first-order chi connectivity index (χ1) is 13.5. The Hall–Kier alpha value is -3.00. The monoisotopic (exact) mass is 400 g/mol. The average molecular weight is 400 g/mol. The number of hydrogen-bond donors (Lipinski definition) is 3. The molecule has 2 amide bonds. The second-order valence-corrected chi connectivity index (χ2v) is 6.99. The van der Waals surface area contributed by atoms with Crippen LogP contribution in [-0.4, -0.2) is 47.3 Å². The van der Waals surface area contributed by atoms with Crippen LogP contribution in [0.2, 0.25) is 0 Å². The summed E-state index contributed by atoms with van der Waals surface area (Å²) in [5.41, 5.74) is 1.30. The molecule has 1 aliphatic rings. The summed E-state index contributed by atoms with van der Waals surface area (Å²) in [6.45, 7) is -0.622. The third kappa shape index (κ3) is 4.64. The Bertz CT molecular complexity index is 874. The molecule has 0 aliphatic carbocycles. The fourth-order valence-electron chi connectivity index (χ4n) is 2.95. The van der Waals surface area contributed by atoms with Gasteiger partial charge in [0.2, 0.25) is 5.91 Å². The van der Waals surface area contributed by atoms with Gasteiger partial charge < -0.3 is 15.2 Å². The fourth-order valence-corrected chi connectivity index (χ4v) is 3.24. The standard InChI is InChI=1S/C20H20N2O5S/c23-18(24)11-22-15-8-4-5-9-16(15)27-12-14(20(22)26)21-19(25)17(28)10-13-6-2-1-3-7-13/h1-9,14,17,28H,10-12H2,(H,21,25)(H,23,24)/t14-,17-/m0/s1. The van der Waals surface area contributed by atoms with Crippen LogP contribution < -0.4 is 15.0 Å². The van der Waals surface area contributed by atoms with Crippen molar-refractivity contribution in [1.29, 1.82) is 0 Å². The molecular weight excluding hydrogens is 380 g/mol.